The second kappa shape index (κ2) is 4.52. The van der Waals surface area contributed by atoms with Crippen molar-refractivity contribution < 1.29 is 4.74 Å². The Kier molecular flexibility index (Phi) is 3.44. The largest absolute Gasteiger partial charge is 0.381 e. The number of ether oxygens (including phenoxy) is 1. The molecular weight excluding hydrogens is 196 g/mol. The lowest BCUT2D eigenvalue weighted by atomic mass is 9.54. The van der Waals surface area contributed by atoms with Gasteiger partial charge in [-0.1, -0.05) is 39.8 Å². The van der Waals surface area contributed by atoms with Gasteiger partial charge in [0.05, 0.1) is 6.61 Å². The van der Waals surface area contributed by atoms with Gasteiger partial charge in [-0.3, -0.25) is 0 Å². The van der Waals surface area contributed by atoms with E-state index in [2.05, 4.69) is 39.8 Å². The van der Waals surface area contributed by atoms with Crippen LogP contribution in [0.2, 0.25) is 0 Å². The summed E-state index contributed by atoms with van der Waals surface area (Å²) in [6.07, 6.45) is 7.44. The molecule has 0 spiro atoms. The van der Waals surface area contributed by atoms with E-state index in [1.807, 2.05) is 0 Å². The molecule has 2 heterocycles. The quantitative estimate of drug-likeness (QED) is 0.644. The van der Waals surface area contributed by atoms with Gasteiger partial charge in [0.1, 0.15) is 0 Å². The van der Waals surface area contributed by atoms with Crippen molar-refractivity contribution in [3.05, 3.63) is 12.2 Å². The minimum Gasteiger partial charge on any atom is -0.381 e. The van der Waals surface area contributed by atoms with E-state index in [1.165, 1.54) is 12.8 Å². The Hall–Kier alpha value is -0.300. The maximum atomic E-state index is 5.71. The van der Waals surface area contributed by atoms with Crippen LogP contribution in [-0.2, 0) is 4.74 Å². The molecule has 0 radical (unpaired) electrons. The number of fused-ring (bicyclic) bond motifs is 4. The highest BCUT2D eigenvalue weighted by Crippen LogP contribution is 2.53. The molecule has 1 heteroatoms. The molecule has 0 saturated carbocycles. The maximum Gasteiger partial charge on any atom is 0.0529 e. The van der Waals surface area contributed by atoms with E-state index in [9.17, 15) is 0 Å². The van der Waals surface area contributed by atoms with Gasteiger partial charge in [-0.2, -0.15) is 0 Å². The van der Waals surface area contributed by atoms with Gasteiger partial charge in [-0.05, 0) is 36.0 Å². The Morgan fingerprint density at radius 2 is 1.81 bits per heavy atom. The van der Waals surface area contributed by atoms with Crippen LogP contribution >= 0.6 is 0 Å². The molecule has 1 aliphatic carbocycles. The van der Waals surface area contributed by atoms with E-state index in [0.29, 0.717) is 11.3 Å². The van der Waals surface area contributed by atoms with Crippen molar-refractivity contribution in [1.82, 2.24) is 0 Å². The molecule has 0 aromatic carbocycles. The van der Waals surface area contributed by atoms with Crippen LogP contribution in [0.15, 0.2) is 12.2 Å². The number of allylic oxidation sites excluding steroid dienone is 1. The van der Waals surface area contributed by atoms with Crippen molar-refractivity contribution in [2.45, 2.75) is 40.5 Å². The van der Waals surface area contributed by atoms with Crippen molar-refractivity contribution in [2.75, 3.05) is 13.2 Å². The summed E-state index contributed by atoms with van der Waals surface area (Å²) < 4.78 is 5.71. The van der Waals surface area contributed by atoms with Crippen molar-refractivity contribution in [2.24, 2.45) is 29.1 Å². The third-order valence-electron chi connectivity index (χ3n) is 4.98. The molecule has 16 heavy (non-hydrogen) atoms. The first kappa shape index (κ1) is 12.2. The highest BCUT2D eigenvalue weighted by molar-refractivity contribution is 5.10. The SMILES string of the molecule is CC(C)C1(C(C)C)CC2C=CC1CCOC2. The van der Waals surface area contributed by atoms with E-state index in [4.69, 9.17) is 4.74 Å². The molecule has 1 saturated heterocycles. The van der Waals surface area contributed by atoms with Gasteiger partial charge in [-0.15, -0.1) is 0 Å². The summed E-state index contributed by atoms with van der Waals surface area (Å²) in [5, 5.41) is 0. The summed E-state index contributed by atoms with van der Waals surface area (Å²) in [4.78, 5) is 0. The zero-order valence-electron chi connectivity index (χ0n) is 11.2. The Morgan fingerprint density at radius 1 is 1.12 bits per heavy atom. The first-order valence-corrected chi connectivity index (χ1v) is 6.83. The molecule has 0 N–H and O–H groups in total. The molecule has 2 aliphatic heterocycles. The summed E-state index contributed by atoms with van der Waals surface area (Å²) in [5.74, 6) is 2.91. The fraction of sp³-hybridized carbons (Fsp3) is 0.867. The first-order chi connectivity index (χ1) is 7.57. The Labute approximate surface area is 100 Å². The topological polar surface area (TPSA) is 9.23 Å². The van der Waals surface area contributed by atoms with Gasteiger partial charge in [0.2, 0.25) is 0 Å². The van der Waals surface area contributed by atoms with Crippen molar-refractivity contribution in [1.29, 1.82) is 0 Å². The van der Waals surface area contributed by atoms with Crippen LogP contribution in [-0.4, -0.2) is 13.2 Å². The summed E-state index contributed by atoms with van der Waals surface area (Å²) in [7, 11) is 0. The van der Waals surface area contributed by atoms with Crippen LogP contribution < -0.4 is 0 Å². The maximum absolute atomic E-state index is 5.71. The standard InChI is InChI=1S/C15H26O/c1-11(2)15(12(3)4)9-13-5-6-14(15)7-8-16-10-13/h5-6,11-14H,7-10H2,1-4H3. The lowest BCUT2D eigenvalue weighted by molar-refractivity contribution is -0.0357. The smallest absolute Gasteiger partial charge is 0.0529 e. The molecule has 2 unspecified atom stereocenters. The summed E-state index contributed by atoms with van der Waals surface area (Å²) in [6, 6.07) is 0. The molecule has 92 valence electrons. The first-order valence-electron chi connectivity index (χ1n) is 6.83. The second-order valence-corrected chi connectivity index (χ2v) is 6.24. The van der Waals surface area contributed by atoms with Gasteiger partial charge in [-0.25, -0.2) is 0 Å². The number of rotatable bonds is 2. The van der Waals surface area contributed by atoms with Crippen LogP contribution in [0.1, 0.15) is 40.5 Å². The van der Waals surface area contributed by atoms with Crippen LogP contribution in [0, 0.1) is 29.1 Å². The van der Waals surface area contributed by atoms with Crippen LogP contribution in [0.5, 0.6) is 0 Å². The molecule has 3 rings (SSSR count). The molecule has 2 atom stereocenters. The van der Waals surface area contributed by atoms with Crippen molar-refractivity contribution in [3.63, 3.8) is 0 Å². The summed E-state index contributed by atoms with van der Waals surface area (Å²) in [5.41, 5.74) is 0.503. The van der Waals surface area contributed by atoms with Gasteiger partial charge in [0, 0.05) is 12.5 Å². The average Bonchev–Trinajstić information content (AvgIpc) is 2.17. The minimum atomic E-state index is 0.503. The molecule has 2 bridgehead atoms. The minimum absolute atomic E-state index is 0.503. The Morgan fingerprint density at radius 3 is 2.44 bits per heavy atom. The predicted molar refractivity (Wildman–Crippen MR) is 68.3 cm³/mol. The van der Waals surface area contributed by atoms with Crippen LogP contribution in [0.3, 0.4) is 0 Å². The molecule has 3 aliphatic rings. The van der Waals surface area contributed by atoms with Crippen LogP contribution in [0.4, 0.5) is 0 Å². The molecular formula is C15H26O. The lowest BCUT2D eigenvalue weighted by Crippen LogP contribution is -2.45. The van der Waals surface area contributed by atoms with E-state index in [1.54, 1.807) is 0 Å². The van der Waals surface area contributed by atoms with E-state index < -0.39 is 0 Å². The number of hydrogen-bond acceptors (Lipinski definition) is 1. The van der Waals surface area contributed by atoms with Gasteiger partial charge < -0.3 is 4.74 Å². The lowest BCUT2D eigenvalue weighted by Gasteiger charge is -2.51. The van der Waals surface area contributed by atoms with Crippen LogP contribution in [0.25, 0.3) is 0 Å². The molecule has 0 aromatic rings. The third-order valence-corrected chi connectivity index (χ3v) is 4.98. The fourth-order valence-corrected chi connectivity index (χ4v) is 4.06. The monoisotopic (exact) mass is 222 g/mol. The average molecular weight is 222 g/mol. The Bertz CT molecular complexity index is 257. The molecule has 1 nitrogen and oxygen atoms in total. The van der Waals surface area contributed by atoms with Gasteiger partial charge in [0.15, 0.2) is 0 Å². The summed E-state index contributed by atoms with van der Waals surface area (Å²) in [6.45, 7) is 11.5. The zero-order chi connectivity index (χ0) is 11.8. The normalized spacial score (nSPS) is 33.1. The van der Waals surface area contributed by atoms with Crippen molar-refractivity contribution in [3.8, 4) is 0 Å². The Balaban J connectivity index is 2.35. The second-order valence-electron chi connectivity index (χ2n) is 6.24. The highest BCUT2D eigenvalue weighted by atomic mass is 16.5. The molecule has 0 amide bonds. The predicted octanol–water partition coefficient (Wildman–Crippen LogP) is 3.90. The van der Waals surface area contributed by atoms with Gasteiger partial charge in [0.25, 0.3) is 0 Å². The fourth-order valence-electron chi connectivity index (χ4n) is 4.06. The summed E-state index contributed by atoms with van der Waals surface area (Å²) >= 11 is 0. The van der Waals surface area contributed by atoms with Crippen molar-refractivity contribution >= 4 is 0 Å². The molecule has 0 aromatic heterocycles. The highest BCUT2D eigenvalue weighted by Gasteiger charge is 2.46. The van der Waals surface area contributed by atoms with E-state index >= 15 is 0 Å². The number of hydrogen-bond donors (Lipinski definition) is 0. The third kappa shape index (κ3) is 1.84. The zero-order valence-corrected chi connectivity index (χ0v) is 11.2. The van der Waals surface area contributed by atoms with Gasteiger partial charge >= 0.3 is 0 Å². The van der Waals surface area contributed by atoms with E-state index in [-0.39, 0.29) is 0 Å². The van der Waals surface area contributed by atoms with E-state index in [0.717, 1.165) is 31.0 Å². The molecule has 1 fully saturated rings.